The Labute approximate surface area is 123 Å². The van der Waals surface area contributed by atoms with Gasteiger partial charge in [0.2, 0.25) is 0 Å². The highest BCUT2D eigenvalue weighted by Crippen LogP contribution is 2.31. The number of hydrogen-bond donors (Lipinski definition) is 1. The highest BCUT2D eigenvalue weighted by atomic mass is 35.5. The van der Waals surface area contributed by atoms with Crippen molar-refractivity contribution in [2.45, 2.75) is 20.4 Å². The first kappa shape index (κ1) is 14.8. The van der Waals surface area contributed by atoms with Gasteiger partial charge in [-0.25, -0.2) is 4.39 Å². The van der Waals surface area contributed by atoms with Gasteiger partial charge < -0.3 is 10.1 Å². The van der Waals surface area contributed by atoms with Crippen molar-refractivity contribution < 1.29 is 9.13 Å². The van der Waals surface area contributed by atoms with Crippen LogP contribution in [0.2, 0.25) is 5.02 Å². The van der Waals surface area contributed by atoms with Gasteiger partial charge in [-0.2, -0.15) is 0 Å². The van der Waals surface area contributed by atoms with Gasteiger partial charge in [0, 0.05) is 6.54 Å². The molecule has 1 N–H and O–H groups in total. The summed E-state index contributed by atoms with van der Waals surface area (Å²) in [6.07, 6.45) is 0. The molecule has 0 amide bonds. The van der Waals surface area contributed by atoms with Crippen LogP contribution in [0.15, 0.2) is 36.4 Å². The van der Waals surface area contributed by atoms with Crippen molar-refractivity contribution in [2.75, 3.05) is 6.54 Å². The maximum atomic E-state index is 14.0. The topological polar surface area (TPSA) is 21.3 Å². The van der Waals surface area contributed by atoms with Crippen LogP contribution in [0.1, 0.15) is 18.1 Å². The van der Waals surface area contributed by atoms with Crippen molar-refractivity contribution in [3.63, 3.8) is 0 Å². The molecule has 2 aromatic carbocycles. The number of halogens is 2. The number of benzene rings is 2. The lowest BCUT2D eigenvalue weighted by atomic mass is 10.2. The summed E-state index contributed by atoms with van der Waals surface area (Å²) in [6, 6.07) is 10.3. The van der Waals surface area contributed by atoms with Gasteiger partial charge in [-0.15, -0.1) is 0 Å². The molecule has 0 atom stereocenters. The van der Waals surface area contributed by atoms with E-state index in [0.717, 1.165) is 17.7 Å². The van der Waals surface area contributed by atoms with Crippen molar-refractivity contribution >= 4 is 11.6 Å². The summed E-state index contributed by atoms with van der Waals surface area (Å²) < 4.78 is 19.6. The number of hydrogen-bond acceptors (Lipinski definition) is 2. The summed E-state index contributed by atoms with van der Waals surface area (Å²) in [5.41, 5.74) is 1.89. The molecule has 0 saturated carbocycles. The molecule has 0 aliphatic heterocycles. The second-order valence-corrected chi connectivity index (χ2v) is 4.99. The number of nitrogens with one attached hydrogen (secondary N) is 1. The highest BCUT2D eigenvalue weighted by molar-refractivity contribution is 6.32. The minimum absolute atomic E-state index is 0.178. The number of aryl methyl sites for hydroxylation is 1. The van der Waals surface area contributed by atoms with Gasteiger partial charge in [-0.1, -0.05) is 30.7 Å². The second kappa shape index (κ2) is 6.73. The van der Waals surface area contributed by atoms with E-state index in [9.17, 15) is 4.39 Å². The quantitative estimate of drug-likeness (QED) is 0.863. The molecular weight excluding hydrogens is 277 g/mol. The summed E-state index contributed by atoms with van der Waals surface area (Å²) in [4.78, 5) is 0. The molecular formula is C16H17ClFNO. The van der Waals surface area contributed by atoms with Gasteiger partial charge >= 0.3 is 0 Å². The van der Waals surface area contributed by atoms with Crippen LogP contribution in [0.5, 0.6) is 11.5 Å². The molecule has 0 aromatic heterocycles. The van der Waals surface area contributed by atoms with E-state index in [1.165, 1.54) is 6.07 Å². The van der Waals surface area contributed by atoms with Crippen molar-refractivity contribution in [1.82, 2.24) is 5.32 Å². The molecule has 0 saturated heterocycles. The van der Waals surface area contributed by atoms with Gasteiger partial charge in [0.15, 0.2) is 11.6 Å². The van der Waals surface area contributed by atoms with Crippen molar-refractivity contribution in [2.24, 2.45) is 0 Å². The first-order valence-electron chi connectivity index (χ1n) is 6.53. The van der Waals surface area contributed by atoms with E-state index in [4.69, 9.17) is 16.3 Å². The third-order valence-corrected chi connectivity index (χ3v) is 3.19. The smallest absolute Gasteiger partial charge is 0.166 e. The van der Waals surface area contributed by atoms with E-state index >= 15 is 0 Å². The van der Waals surface area contributed by atoms with Gasteiger partial charge in [0.25, 0.3) is 0 Å². The summed E-state index contributed by atoms with van der Waals surface area (Å²) in [5.74, 6) is 0.251. The standard InChI is InChI=1S/C16H17ClFNO/c1-3-19-10-12-5-7-15(14(18)9-12)20-16-8-11(2)4-6-13(16)17/h4-9,19H,3,10H2,1-2H3. The van der Waals surface area contributed by atoms with Crippen molar-refractivity contribution in [3.05, 3.63) is 58.4 Å². The van der Waals surface area contributed by atoms with E-state index in [-0.39, 0.29) is 5.75 Å². The monoisotopic (exact) mass is 293 g/mol. The van der Waals surface area contributed by atoms with Crippen LogP contribution in [-0.4, -0.2) is 6.54 Å². The Kier molecular flexibility index (Phi) is 4.99. The van der Waals surface area contributed by atoms with Gasteiger partial charge in [-0.05, 0) is 48.9 Å². The van der Waals surface area contributed by atoms with Crippen LogP contribution in [0.4, 0.5) is 4.39 Å². The van der Waals surface area contributed by atoms with Crippen LogP contribution in [0, 0.1) is 12.7 Å². The Morgan fingerprint density at radius 1 is 1.15 bits per heavy atom. The lowest BCUT2D eigenvalue weighted by Crippen LogP contribution is -2.11. The predicted molar refractivity (Wildman–Crippen MR) is 80.0 cm³/mol. The first-order chi connectivity index (χ1) is 9.60. The lowest BCUT2D eigenvalue weighted by molar-refractivity contribution is 0.441. The molecule has 0 aliphatic rings. The third-order valence-electron chi connectivity index (χ3n) is 2.88. The van der Waals surface area contributed by atoms with E-state index < -0.39 is 5.82 Å². The van der Waals surface area contributed by atoms with Crippen molar-refractivity contribution in [1.29, 1.82) is 0 Å². The largest absolute Gasteiger partial charge is 0.453 e. The predicted octanol–water partition coefficient (Wildman–Crippen LogP) is 4.69. The van der Waals surface area contributed by atoms with Gasteiger partial charge in [0.05, 0.1) is 5.02 Å². The zero-order chi connectivity index (χ0) is 14.5. The minimum atomic E-state index is -0.391. The van der Waals surface area contributed by atoms with Crippen LogP contribution >= 0.6 is 11.6 Å². The SMILES string of the molecule is CCNCc1ccc(Oc2cc(C)ccc2Cl)c(F)c1. The van der Waals surface area contributed by atoms with Crippen LogP contribution in [0.3, 0.4) is 0 Å². The Bertz CT molecular complexity index is 601. The molecule has 0 aliphatic carbocycles. The van der Waals surface area contributed by atoms with Crippen molar-refractivity contribution in [3.8, 4) is 11.5 Å². The maximum absolute atomic E-state index is 14.0. The molecule has 106 valence electrons. The number of rotatable bonds is 5. The maximum Gasteiger partial charge on any atom is 0.166 e. The van der Waals surface area contributed by atoms with E-state index in [2.05, 4.69) is 5.32 Å². The van der Waals surface area contributed by atoms with Crippen LogP contribution in [0.25, 0.3) is 0 Å². The fraction of sp³-hybridized carbons (Fsp3) is 0.250. The Morgan fingerprint density at radius 2 is 1.95 bits per heavy atom. The Hall–Kier alpha value is -1.58. The number of ether oxygens (including phenoxy) is 1. The molecule has 0 bridgehead atoms. The molecule has 0 fully saturated rings. The van der Waals surface area contributed by atoms with E-state index in [0.29, 0.717) is 17.3 Å². The minimum Gasteiger partial charge on any atom is -0.453 e. The van der Waals surface area contributed by atoms with Crippen LogP contribution in [-0.2, 0) is 6.54 Å². The molecule has 20 heavy (non-hydrogen) atoms. The fourth-order valence-corrected chi connectivity index (χ4v) is 1.97. The molecule has 4 heteroatoms. The fourth-order valence-electron chi connectivity index (χ4n) is 1.81. The third kappa shape index (κ3) is 3.71. The first-order valence-corrected chi connectivity index (χ1v) is 6.91. The van der Waals surface area contributed by atoms with E-state index in [1.54, 1.807) is 18.2 Å². The Morgan fingerprint density at radius 3 is 2.65 bits per heavy atom. The van der Waals surface area contributed by atoms with Gasteiger partial charge in [-0.3, -0.25) is 0 Å². The van der Waals surface area contributed by atoms with Gasteiger partial charge in [0.1, 0.15) is 5.75 Å². The zero-order valence-electron chi connectivity index (χ0n) is 11.5. The average Bonchev–Trinajstić information content (AvgIpc) is 2.43. The zero-order valence-corrected chi connectivity index (χ0v) is 12.3. The molecule has 0 unspecified atom stereocenters. The molecule has 2 aromatic rings. The molecule has 0 spiro atoms. The summed E-state index contributed by atoms with van der Waals surface area (Å²) in [5, 5.41) is 3.61. The highest BCUT2D eigenvalue weighted by Gasteiger charge is 2.09. The Balaban J connectivity index is 2.19. The lowest BCUT2D eigenvalue weighted by Gasteiger charge is -2.10. The molecule has 2 nitrogen and oxygen atoms in total. The summed E-state index contributed by atoms with van der Waals surface area (Å²) >= 11 is 6.04. The summed E-state index contributed by atoms with van der Waals surface area (Å²) in [7, 11) is 0. The van der Waals surface area contributed by atoms with E-state index in [1.807, 2.05) is 26.0 Å². The second-order valence-electron chi connectivity index (χ2n) is 4.58. The molecule has 0 radical (unpaired) electrons. The summed E-state index contributed by atoms with van der Waals surface area (Å²) in [6.45, 7) is 5.42. The van der Waals surface area contributed by atoms with Crippen LogP contribution < -0.4 is 10.1 Å². The normalized spacial score (nSPS) is 10.6. The average molecular weight is 294 g/mol. The molecule has 0 heterocycles. The molecule has 2 rings (SSSR count).